The Morgan fingerprint density at radius 1 is 1.42 bits per heavy atom. The first-order valence-electron chi connectivity index (χ1n) is 7.10. The molecule has 1 aromatic rings. The summed E-state index contributed by atoms with van der Waals surface area (Å²) in [6.07, 6.45) is 7.08. The topological polar surface area (TPSA) is 46.9 Å². The van der Waals surface area contributed by atoms with E-state index < -0.39 is 0 Å². The summed E-state index contributed by atoms with van der Waals surface area (Å²) in [5.74, 6) is 1.68. The highest BCUT2D eigenvalue weighted by Gasteiger charge is 2.39. The molecule has 104 valence electrons. The molecule has 2 fully saturated rings. The normalized spacial score (nSPS) is 29.2. The van der Waals surface area contributed by atoms with Crippen LogP contribution in [-0.4, -0.2) is 15.8 Å². The molecule has 2 aliphatic rings. The Labute approximate surface area is 121 Å². The van der Waals surface area contributed by atoms with E-state index in [-0.39, 0.29) is 11.6 Å². The Balaban J connectivity index is 1.82. The Hall–Kier alpha value is -0.840. The molecule has 3 atom stereocenters. The molecule has 3 rings (SSSR count). The predicted octanol–water partition coefficient (Wildman–Crippen LogP) is 3.19. The molecule has 1 heterocycles. The first kappa shape index (κ1) is 13.2. The van der Waals surface area contributed by atoms with Gasteiger partial charge in [-0.05, 0) is 60.9 Å². The molecule has 3 unspecified atom stereocenters. The van der Waals surface area contributed by atoms with Crippen LogP contribution in [0.15, 0.2) is 15.5 Å². The van der Waals surface area contributed by atoms with E-state index in [0.717, 1.165) is 17.5 Å². The Bertz CT molecular complexity index is 540. The molecule has 1 N–H and O–H groups in total. The van der Waals surface area contributed by atoms with Gasteiger partial charge < -0.3 is 5.32 Å². The minimum atomic E-state index is -0.0526. The highest BCUT2D eigenvalue weighted by molar-refractivity contribution is 9.10. The second kappa shape index (κ2) is 4.93. The number of halogens is 1. The lowest BCUT2D eigenvalue weighted by Crippen LogP contribution is -2.30. The summed E-state index contributed by atoms with van der Waals surface area (Å²) < 4.78 is 2.12. The number of fused-ring (bicyclic) bond motifs is 2. The maximum Gasteiger partial charge on any atom is 0.283 e. The van der Waals surface area contributed by atoms with Gasteiger partial charge in [-0.25, -0.2) is 4.68 Å². The zero-order valence-electron chi connectivity index (χ0n) is 11.4. The zero-order valence-corrected chi connectivity index (χ0v) is 13.0. The number of nitrogens with one attached hydrogen (secondary N) is 1. The van der Waals surface area contributed by atoms with Crippen LogP contribution in [0, 0.1) is 11.8 Å². The lowest BCUT2D eigenvalue weighted by Gasteiger charge is -2.24. The summed E-state index contributed by atoms with van der Waals surface area (Å²) in [5.41, 5.74) is 0.794. The summed E-state index contributed by atoms with van der Waals surface area (Å²) in [6.45, 7) is 3.92. The van der Waals surface area contributed by atoms with Crippen molar-refractivity contribution < 1.29 is 0 Å². The van der Waals surface area contributed by atoms with Crippen molar-refractivity contribution in [2.24, 2.45) is 11.8 Å². The smallest absolute Gasteiger partial charge is 0.283 e. The van der Waals surface area contributed by atoms with Gasteiger partial charge in [-0.1, -0.05) is 6.42 Å². The number of hydrogen-bond donors (Lipinski definition) is 1. The van der Waals surface area contributed by atoms with Gasteiger partial charge in [0, 0.05) is 6.04 Å². The largest absolute Gasteiger partial charge is 0.380 e. The third-order valence-electron chi connectivity index (χ3n) is 4.51. The average Bonchev–Trinajstić information content (AvgIpc) is 2.97. The molecule has 2 aliphatic carbocycles. The third-order valence-corrected chi connectivity index (χ3v) is 5.28. The molecular weight excluding hydrogens is 306 g/mol. The van der Waals surface area contributed by atoms with E-state index in [2.05, 4.69) is 26.3 Å². The van der Waals surface area contributed by atoms with Crippen LogP contribution in [0.4, 0.5) is 5.69 Å². The number of anilines is 1. The van der Waals surface area contributed by atoms with Gasteiger partial charge in [-0.2, -0.15) is 5.10 Å². The van der Waals surface area contributed by atoms with Crippen LogP contribution in [0.2, 0.25) is 0 Å². The van der Waals surface area contributed by atoms with Crippen molar-refractivity contribution in [1.29, 1.82) is 0 Å². The van der Waals surface area contributed by atoms with E-state index >= 15 is 0 Å². The molecule has 0 aromatic carbocycles. The fourth-order valence-electron chi connectivity index (χ4n) is 3.53. The first-order chi connectivity index (χ1) is 9.06. The van der Waals surface area contributed by atoms with Crippen molar-refractivity contribution in [2.45, 2.75) is 51.6 Å². The molecule has 0 radical (unpaired) electrons. The molecule has 0 spiro atoms. The van der Waals surface area contributed by atoms with Crippen LogP contribution in [0.1, 0.15) is 45.6 Å². The highest BCUT2D eigenvalue weighted by Crippen LogP contribution is 2.45. The second-order valence-corrected chi connectivity index (χ2v) is 6.93. The second-order valence-electron chi connectivity index (χ2n) is 6.14. The summed E-state index contributed by atoms with van der Waals surface area (Å²) in [4.78, 5) is 12.2. The predicted molar refractivity (Wildman–Crippen MR) is 79.4 cm³/mol. The maximum atomic E-state index is 12.2. The zero-order chi connectivity index (χ0) is 13.6. The SMILES string of the molecule is CC(C)n1ncc(NC2CC3CCC2C3)c(Br)c1=O. The van der Waals surface area contributed by atoms with Gasteiger partial charge in [-0.3, -0.25) is 4.79 Å². The van der Waals surface area contributed by atoms with Crippen molar-refractivity contribution >= 4 is 21.6 Å². The van der Waals surface area contributed by atoms with E-state index in [1.165, 1.54) is 30.4 Å². The minimum Gasteiger partial charge on any atom is -0.380 e. The van der Waals surface area contributed by atoms with Crippen LogP contribution in [-0.2, 0) is 0 Å². The fraction of sp³-hybridized carbons (Fsp3) is 0.714. The molecule has 0 amide bonds. The van der Waals surface area contributed by atoms with Crippen molar-refractivity contribution in [3.8, 4) is 0 Å². The van der Waals surface area contributed by atoms with Gasteiger partial charge in [-0.15, -0.1) is 0 Å². The van der Waals surface area contributed by atoms with Crippen LogP contribution in [0.3, 0.4) is 0 Å². The van der Waals surface area contributed by atoms with Gasteiger partial charge in [0.05, 0.1) is 17.9 Å². The molecule has 2 saturated carbocycles. The molecule has 0 aliphatic heterocycles. The number of nitrogens with zero attached hydrogens (tertiary/aromatic N) is 2. The van der Waals surface area contributed by atoms with E-state index in [4.69, 9.17) is 0 Å². The van der Waals surface area contributed by atoms with Crippen molar-refractivity contribution in [2.75, 3.05) is 5.32 Å². The Morgan fingerprint density at radius 2 is 2.21 bits per heavy atom. The third kappa shape index (κ3) is 2.33. The molecule has 2 bridgehead atoms. The number of rotatable bonds is 3. The molecule has 1 aromatic heterocycles. The number of aromatic nitrogens is 2. The summed E-state index contributed by atoms with van der Waals surface area (Å²) >= 11 is 3.42. The minimum absolute atomic E-state index is 0.0526. The standard InChI is InChI=1S/C14H20BrN3O/c1-8(2)18-14(19)13(15)12(7-16-18)17-11-6-9-3-4-10(11)5-9/h7-11,17H,3-6H2,1-2H3. The lowest BCUT2D eigenvalue weighted by molar-refractivity contribution is 0.438. The quantitative estimate of drug-likeness (QED) is 0.928. The Morgan fingerprint density at radius 3 is 2.79 bits per heavy atom. The maximum absolute atomic E-state index is 12.2. The van der Waals surface area contributed by atoms with E-state index in [1.807, 2.05) is 13.8 Å². The summed E-state index contributed by atoms with van der Waals surface area (Å²) in [7, 11) is 0. The summed E-state index contributed by atoms with van der Waals surface area (Å²) in [5, 5.41) is 7.78. The van der Waals surface area contributed by atoms with Crippen LogP contribution in [0.25, 0.3) is 0 Å². The van der Waals surface area contributed by atoms with Crippen molar-refractivity contribution in [3.05, 3.63) is 21.0 Å². The van der Waals surface area contributed by atoms with Crippen molar-refractivity contribution in [1.82, 2.24) is 9.78 Å². The van der Waals surface area contributed by atoms with Crippen LogP contribution >= 0.6 is 15.9 Å². The fourth-order valence-corrected chi connectivity index (χ4v) is 3.93. The van der Waals surface area contributed by atoms with Crippen molar-refractivity contribution in [3.63, 3.8) is 0 Å². The highest BCUT2D eigenvalue weighted by atomic mass is 79.9. The van der Waals surface area contributed by atoms with Gasteiger partial charge in [0.25, 0.3) is 5.56 Å². The number of hydrogen-bond acceptors (Lipinski definition) is 3. The van der Waals surface area contributed by atoms with Gasteiger partial charge in [0.15, 0.2) is 0 Å². The van der Waals surface area contributed by atoms with Gasteiger partial charge in [0.2, 0.25) is 0 Å². The van der Waals surface area contributed by atoms with E-state index in [1.54, 1.807) is 6.20 Å². The van der Waals surface area contributed by atoms with Crippen LogP contribution in [0.5, 0.6) is 0 Å². The van der Waals surface area contributed by atoms with Crippen LogP contribution < -0.4 is 10.9 Å². The molecule has 4 nitrogen and oxygen atoms in total. The van der Waals surface area contributed by atoms with E-state index in [0.29, 0.717) is 10.5 Å². The van der Waals surface area contributed by atoms with Gasteiger partial charge in [0.1, 0.15) is 4.47 Å². The summed E-state index contributed by atoms with van der Waals surface area (Å²) in [6, 6.07) is 0.603. The lowest BCUT2D eigenvalue weighted by atomic mass is 9.95. The Kier molecular flexibility index (Phi) is 3.41. The van der Waals surface area contributed by atoms with Gasteiger partial charge >= 0.3 is 0 Å². The molecule has 5 heteroatoms. The first-order valence-corrected chi connectivity index (χ1v) is 7.89. The monoisotopic (exact) mass is 325 g/mol. The average molecular weight is 326 g/mol. The van der Waals surface area contributed by atoms with E-state index in [9.17, 15) is 4.79 Å². The molecular formula is C14H20BrN3O. The molecule has 0 saturated heterocycles. The molecule has 19 heavy (non-hydrogen) atoms.